The molecule has 3 rings (SSSR count). The summed E-state index contributed by atoms with van der Waals surface area (Å²) in [6.07, 6.45) is 5.97. The van der Waals surface area contributed by atoms with Crippen LogP contribution in [0.1, 0.15) is 17.0 Å². The van der Waals surface area contributed by atoms with Gasteiger partial charge in [0.1, 0.15) is 5.82 Å². The van der Waals surface area contributed by atoms with Crippen LogP contribution in [0.25, 0.3) is 11.4 Å². The number of nitrogens with one attached hydrogen (secondary N) is 1. The summed E-state index contributed by atoms with van der Waals surface area (Å²) in [6.45, 7) is 4.66. The third-order valence-electron chi connectivity index (χ3n) is 4.35. The highest BCUT2D eigenvalue weighted by Crippen LogP contribution is 2.21. The Bertz CT molecular complexity index is 840. The SMILES string of the molecule is Cc1nc(-c2cccnc2)nc(NCC(CO)Cc2ccccn2)c1C. The van der Waals surface area contributed by atoms with Crippen molar-refractivity contribution in [3.8, 4) is 11.4 Å². The smallest absolute Gasteiger partial charge is 0.163 e. The molecule has 3 aromatic rings. The lowest BCUT2D eigenvalue weighted by atomic mass is 10.0. The van der Waals surface area contributed by atoms with Gasteiger partial charge in [0.05, 0.1) is 0 Å². The van der Waals surface area contributed by atoms with Gasteiger partial charge < -0.3 is 10.4 Å². The molecule has 0 saturated carbocycles. The van der Waals surface area contributed by atoms with Crippen LogP contribution in [0.5, 0.6) is 0 Å². The number of rotatable bonds is 7. The third-order valence-corrected chi connectivity index (χ3v) is 4.35. The Morgan fingerprint density at radius 1 is 1.08 bits per heavy atom. The highest BCUT2D eigenvalue weighted by molar-refractivity contribution is 5.58. The molecule has 0 spiro atoms. The van der Waals surface area contributed by atoms with E-state index in [1.807, 2.05) is 44.2 Å². The van der Waals surface area contributed by atoms with Crippen LogP contribution in [0.2, 0.25) is 0 Å². The van der Waals surface area contributed by atoms with Crippen molar-refractivity contribution in [2.75, 3.05) is 18.5 Å². The molecule has 0 radical (unpaired) electrons. The summed E-state index contributed by atoms with van der Waals surface area (Å²) in [5, 5.41) is 13.1. The molecule has 3 aromatic heterocycles. The van der Waals surface area contributed by atoms with Crippen LogP contribution in [0.15, 0.2) is 48.9 Å². The maximum Gasteiger partial charge on any atom is 0.163 e. The average molecular weight is 349 g/mol. The lowest BCUT2D eigenvalue weighted by Crippen LogP contribution is -2.22. The Labute approximate surface area is 153 Å². The molecule has 0 aliphatic carbocycles. The van der Waals surface area contributed by atoms with E-state index in [1.165, 1.54) is 0 Å². The van der Waals surface area contributed by atoms with Crippen molar-refractivity contribution in [3.63, 3.8) is 0 Å². The van der Waals surface area contributed by atoms with Crippen LogP contribution in [0, 0.1) is 19.8 Å². The minimum absolute atomic E-state index is 0.0569. The largest absolute Gasteiger partial charge is 0.396 e. The highest BCUT2D eigenvalue weighted by Gasteiger charge is 2.13. The molecule has 26 heavy (non-hydrogen) atoms. The van der Waals surface area contributed by atoms with Crippen LogP contribution in [-0.2, 0) is 6.42 Å². The van der Waals surface area contributed by atoms with E-state index >= 15 is 0 Å². The van der Waals surface area contributed by atoms with Crippen molar-refractivity contribution >= 4 is 5.82 Å². The highest BCUT2D eigenvalue weighted by atomic mass is 16.3. The maximum atomic E-state index is 9.71. The summed E-state index contributed by atoms with van der Waals surface area (Å²) >= 11 is 0. The van der Waals surface area contributed by atoms with Gasteiger partial charge >= 0.3 is 0 Å². The zero-order chi connectivity index (χ0) is 18.4. The molecule has 2 N–H and O–H groups in total. The van der Waals surface area contributed by atoms with Gasteiger partial charge in [0.2, 0.25) is 0 Å². The molecule has 0 saturated heterocycles. The molecule has 6 heteroatoms. The normalized spacial score (nSPS) is 12.0. The fraction of sp³-hybridized carbons (Fsp3) is 0.300. The van der Waals surface area contributed by atoms with E-state index in [2.05, 4.69) is 25.3 Å². The van der Waals surface area contributed by atoms with Gasteiger partial charge in [-0.05, 0) is 44.5 Å². The van der Waals surface area contributed by atoms with E-state index in [0.29, 0.717) is 18.8 Å². The van der Waals surface area contributed by atoms with Gasteiger partial charge in [0.15, 0.2) is 5.82 Å². The lowest BCUT2D eigenvalue weighted by Gasteiger charge is -2.17. The molecule has 0 aliphatic rings. The zero-order valence-electron chi connectivity index (χ0n) is 15.1. The van der Waals surface area contributed by atoms with Crippen LogP contribution in [0.4, 0.5) is 5.82 Å². The number of nitrogens with zero attached hydrogens (tertiary/aromatic N) is 4. The number of aliphatic hydroxyl groups excluding tert-OH is 1. The molecule has 1 unspecified atom stereocenters. The number of pyridine rings is 2. The topological polar surface area (TPSA) is 83.8 Å². The van der Waals surface area contributed by atoms with E-state index in [1.54, 1.807) is 18.6 Å². The summed E-state index contributed by atoms with van der Waals surface area (Å²) < 4.78 is 0. The minimum atomic E-state index is 0.0569. The third kappa shape index (κ3) is 4.40. The Morgan fingerprint density at radius 2 is 1.96 bits per heavy atom. The summed E-state index contributed by atoms with van der Waals surface area (Å²) in [6, 6.07) is 9.64. The first kappa shape index (κ1) is 17.9. The van der Waals surface area contributed by atoms with Gasteiger partial charge in [-0.1, -0.05) is 6.07 Å². The number of anilines is 1. The summed E-state index contributed by atoms with van der Waals surface area (Å²) in [5.41, 5.74) is 3.78. The molecular formula is C20H23N5O. The second-order valence-electron chi connectivity index (χ2n) is 6.30. The van der Waals surface area contributed by atoms with Gasteiger partial charge in [-0.25, -0.2) is 9.97 Å². The predicted molar refractivity (Wildman–Crippen MR) is 102 cm³/mol. The standard InChI is InChI=1S/C20H23N5O/c1-14-15(2)24-20(17-6-5-8-21-12-17)25-19(14)23-11-16(13-26)10-18-7-3-4-9-22-18/h3-9,12,16,26H,10-11,13H2,1-2H3,(H,23,24,25). The molecule has 6 nitrogen and oxygen atoms in total. The summed E-state index contributed by atoms with van der Waals surface area (Å²) in [7, 11) is 0. The van der Waals surface area contributed by atoms with Gasteiger partial charge in [-0.15, -0.1) is 0 Å². The van der Waals surface area contributed by atoms with Crippen LogP contribution >= 0.6 is 0 Å². The molecule has 0 aromatic carbocycles. The number of aromatic nitrogens is 4. The average Bonchev–Trinajstić information content (AvgIpc) is 2.69. The molecule has 3 heterocycles. The maximum absolute atomic E-state index is 9.71. The quantitative estimate of drug-likeness (QED) is 0.682. The Morgan fingerprint density at radius 3 is 2.65 bits per heavy atom. The second-order valence-corrected chi connectivity index (χ2v) is 6.30. The van der Waals surface area contributed by atoms with E-state index < -0.39 is 0 Å². The molecule has 0 bridgehead atoms. The first-order valence-corrected chi connectivity index (χ1v) is 8.67. The van der Waals surface area contributed by atoms with Gasteiger partial charge in [0.25, 0.3) is 0 Å². The summed E-state index contributed by atoms with van der Waals surface area (Å²) in [4.78, 5) is 17.7. The van der Waals surface area contributed by atoms with Gasteiger partial charge in [-0.2, -0.15) is 0 Å². The lowest BCUT2D eigenvalue weighted by molar-refractivity contribution is 0.232. The van der Waals surface area contributed by atoms with E-state index in [4.69, 9.17) is 0 Å². The van der Waals surface area contributed by atoms with E-state index in [0.717, 1.165) is 28.3 Å². The van der Waals surface area contributed by atoms with Gasteiger partial charge in [-0.3, -0.25) is 9.97 Å². The van der Waals surface area contributed by atoms with Crippen LogP contribution in [-0.4, -0.2) is 38.2 Å². The van der Waals surface area contributed by atoms with Crippen molar-refractivity contribution in [1.29, 1.82) is 0 Å². The Balaban J connectivity index is 1.75. The fourth-order valence-electron chi connectivity index (χ4n) is 2.68. The van der Waals surface area contributed by atoms with Crippen molar-refractivity contribution < 1.29 is 5.11 Å². The number of hydrogen-bond acceptors (Lipinski definition) is 6. The van der Waals surface area contributed by atoms with Crippen LogP contribution < -0.4 is 5.32 Å². The Kier molecular flexibility index (Phi) is 5.86. The first-order chi connectivity index (χ1) is 12.7. The van der Waals surface area contributed by atoms with Crippen molar-refractivity contribution in [2.45, 2.75) is 20.3 Å². The molecule has 134 valence electrons. The minimum Gasteiger partial charge on any atom is -0.396 e. The number of aliphatic hydroxyl groups is 1. The predicted octanol–water partition coefficient (Wildman–Crippen LogP) is 2.81. The molecule has 0 aliphatic heterocycles. The Hall–Kier alpha value is -2.86. The summed E-state index contributed by atoms with van der Waals surface area (Å²) in [5.74, 6) is 1.49. The fourth-order valence-corrected chi connectivity index (χ4v) is 2.68. The molecule has 0 amide bonds. The van der Waals surface area contributed by atoms with Crippen molar-refractivity contribution in [1.82, 2.24) is 19.9 Å². The van der Waals surface area contributed by atoms with E-state index in [-0.39, 0.29) is 12.5 Å². The monoisotopic (exact) mass is 349 g/mol. The molecular weight excluding hydrogens is 326 g/mol. The van der Waals surface area contributed by atoms with Crippen LogP contribution in [0.3, 0.4) is 0 Å². The second kappa shape index (κ2) is 8.49. The first-order valence-electron chi connectivity index (χ1n) is 8.67. The van der Waals surface area contributed by atoms with Crippen molar-refractivity contribution in [3.05, 3.63) is 65.9 Å². The van der Waals surface area contributed by atoms with Crippen molar-refractivity contribution in [2.24, 2.45) is 5.92 Å². The zero-order valence-corrected chi connectivity index (χ0v) is 15.1. The number of hydrogen-bond donors (Lipinski definition) is 2. The molecule has 1 atom stereocenters. The number of aryl methyl sites for hydroxylation is 1. The molecule has 0 fully saturated rings. The van der Waals surface area contributed by atoms with Gasteiger partial charge in [0, 0.05) is 60.2 Å². The van der Waals surface area contributed by atoms with E-state index in [9.17, 15) is 5.11 Å².